The number of halogens is 2. The molecule has 0 unspecified atom stereocenters. The highest BCUT2D eigenvalue weighted by atomic mass is 35.5. The normalized spacial score (nSPS) is 29.8. The van der Waals surface area contributed by atoms with Gasteiger partial charge in [0.25, 0.3) is 11.8 Å². The molecule has 131 heavy (non-hydrogen) atoms. The zero-order chi connectivity index (χ0) is 93.6. The third-order valence-electron chi connectivity index (χ3n) is 30.4. The van der Waals surface area contributed by atoms with Gasteiger partial charge in [0.15, 0.2) is 36.6 Å². The minimum atomic E-state index is -1.17. The number of imide groups is 1. The number of alkyl halides is 2. The average Bonchev–Trinajstić information content (AvgIpc) is 1.54. The van der Waals surface area contributed by atoms with Crippen molar-refractivity contribution in [3.8, 4) is 17.2 Å². The number of nitrogens with zero attached hydrogens (tertiary/aromatic N) is 4. The molecule has 3 saturated carbocycles. The molecule has 36 heteroatoms. The van der Waals surface area contributed by atoms with E-state index >= 15 is 0 Å². The van der Waals surface area contributed by atoms with Crippen molar-refractivity contribution in [2.45, 2.75) is 295 Å². The fourth-order valence-corrected chi connectivity index (χ4v) is 23.7. The predicted molar refractivity (Wildman–Crippen MR) is 466 cm³/mol. The third-order valence-corrected chi connectivity index (χ3v) is 30.4. The number of rotatable bonds is 24. The molecule has 4 amide bonds. The lowest BCUT2D eigenvalue weighted by Gasteiger charge is -2.61. The van der Waals surface area contributed by atoms with Gasteiger partial charge in [-0.15, -0.1) is 28.3 Å². The molecule has 4 saturated heterocycles. The fourth-order valence-electron chi connectivity index (χ4n) is 23.7. The van der Waals surface area contributed by atoms with E-state index in [2.05, 4.69) is 25.3 Å². The average molecular weight is 1860 g/mol. The van der Waals surface area contributed by atoms with Crippen molar-refractivity contribution in [1.29, 1.82) is 0 Å². The van der Waals surface area contributed by atoms with Crippen molar-refractivity contribution in [3.63, 3.8) is 0 Å². The van der Waals surface area contributed by atoms with Crippen LogP contribution in [0.5, 0.6) is 17.2 Å². The van der Waals surface area contributed by atoms with Crippen molar-refractivity contribution in [2.75, 3.05) is 65.8 Å². The molecule has 3 aromatic carbocycles. The maximum atomic E-state index is 13.1. The van der Waals surface area contributed by atoms with Gasteiger partial charge in [-0.05, 0) is 174 Å². The van der Waals surface area contributed by atoms with E-state index in [1.807, 2.05) is 57.5 Å². The number of amides is 4. The first-order valence-corrected chi connectivity index (χ1v) is 47.2. The molecule has 7 fully saturated rings. The Kier molecular flexibility index (Phi) is 29.0. The molecule has 712 valence electrons. The van der Waals surface area contributed by atoms with Crippen LogP contribution in [0.15, 0.2) is 71.9 Å². The summed E-state index contributed by atoms with van der Waals surface area (Å²) in [7, 11) is 6.05. The summed E-state index contributed by atoms with van der Waals surface area (Å²) in [5.74, 6) is -2.80. The quantitative estimate of drug-likeness (QED) is 0.0223. The highest BCUT2D eigenvalue weighted by Gasteiger charge is 2.75. The molecule has 34 nitrogen and oxygen atoms in total. The standard InChI is InChI=1S/2C30H38N2O8.C24H30N2O7.C10H13NO4.CH2Cl2/c2*1-17(38-23(34)10-13-31-27(35)18-5-3-4-6-18)28(36)39-21-9-11-30(37)22-15-19-7-8-20(16-33)25-24(19)29(30,26(21)40-25)12-14-32(22)2;1-13(31-18(28)6-9-25)22(29)32-16-5-7-24(30)17-11-14-3-4-15(12-27)20-19(14)23(24,21(16)33-20)8-10-26(17)2;12-8-5-6-9(13)11(8)15-10(14)7-3-1-2-4-7;2-1-3/h2*7-9,17-18,22,26,33,37H,3-6,10-16H2,1-2H3,(H,31,35);3-5,13,17,21,27,30H,6-12,25H2,1-2H3;7H,1-6H2;1H2/t2*17-,22+,26-,29-,30+;13-,17+,21-,23-,24+;;/m000../s1. The van der Waals surface area contributed by atoms with Crippen LogP contribution in [0.4, 0.5) is 0 Å². The van der Waals surface area contributed by atoms with Crippen LogP contribution in [-0.4, -0.2) is 253 Å². The van der Waals surface area contributed by atoms with Crippen LogP contribution in [0.2, 0.25) is 0 Å². The lowest BCUT2D eigenvalue weighted by atomic mass is 9.50. The van der Waals surface area contributed by atoms with Crippen LogP contribution < -0.4 is 30.6 Å². The Balaban J connectivity index is 0.000000138. The van der Waals surface area contributed by atoms with Crippen molar-refractivity contribution in [1.82, 2.24) is 30.4 Å². The summed E-state index contributed by atoms with van der Waals surface area (Å²) in [5, 5.41) is 73.0. The van der Waals surface area contributed by atoms with Gasteiger partial charge < -0.3 is 109 Å². The van der Waals surface area contributed by atoms with E-state index in [0.717, 1.165) is 130 Å². The zero-order valence-corrected chi connectivity index (χ0v) is 76.5. The van der Waals surface area contributed by atoms with E-state index < -0.39 is 123 Å². The molecule has 7 heterocycles. The maximum absolute atomic E-state index is 13.1. The van der Waals surface area contributed by atoms with Crippen LogP contribution in [0.3, 0.4) is 0 Å². The van der Waals surface area contributed by atoms with Crippen molar-refractivity contribution in [2.24, 2.45) is 23.5 Å². The topological polar surface area (TPSA) is 464 Å². The van der Waals surface area contributed by atoms with Crippen LogP contribution >= 0.6 is 23.2 Å². The lowest BCUT2D eigenvalue weighted by Crippen LogP contribution is -2.74. The molecule has 15 atom stereocenters. The number of carbonyl (C=O) groups excluding carboxylic acids is 11. The van der Waals surface area contributed by atoms with Gasteiger partial charge in [-0.3, -0.25) is 33.6 Å². The number of ether oxygens (including phenoxy) is 9. The lowest BCUT2D eigenvalue weighted by molar-refractivity contribution is -0.200. The number of benzene rings is 3. The number of aliphatic hydroxyl groups excluding tert-OH is 3. The molecule has 7 aliphatic heterocycles. The van der Waals surface area contributed by atoms with E-state index in [-0.39, 0.29) is 149 Å². The fraction of sp³-hybridized carbons (Fsp3) is 0.632. The van der Waals surface area contributed by atoms with Gasteiger partial charge in [-0.1, -0.05) is 74.9 Å². The molecular weight excluding hydrogens is 1740 g/mol. The van der Waals surface area contributed by atoms with Crippen LogP contribution in [-0.2, 0) is 141 Å². The van der Waals surface area contributed by atoms with E-state index in [1.54, 1.807) is 18.2 Å². The highest BCUT2D eigenvalue weighted by Crippen LogP contribution is 2.68. The second-order valence-corrected chi connectivity index (χ2v) is 38.3. The van der Waals surface area contributed by atoms with Gasteiger partial charge >= 0.3 is 41.8 Å². The van der Waals surface area contributed by atoms with E-state index in [9.17, 15) is 83.4 Å². The number of piperidine rings is 3. The third kappa shape index (κ3) is 17.3. The summed E-state index contributed by atoms with van der Waals surface area (Å²) in [6.45, 7) is 6.41. The number of aliphatic hydroxyl groups is 6. The number of nitrogens with two attached hydrogens (primary N) is 1. The second kappa shape index (κ2) is 39.4. The highest BCUT2D eigenvalue weighted by molar-refractivity contribution is 6.40. The monoisotopic (exact) mass is 1860 g/mol. The Labute approximate surface area is 769 Å². The number of likely N-dealkylation sites (tertiary alicyclic amines) is 3. The molecule has 9 aliphatic carbocycles. The molecule has 3 spiro atoms. The molecule has 16 aliphatic rings. The summed E-state index contributed by atoms with van der Waals surface area (Å²) in [6, 6.07) is 11.2. The number of hydrogen-bond donors (Lipinski definition) is 9. The number of hydroxylamine groups is 2. The maximum Gasteiger partial charge on any atom is 0.352 e. The van der Waals surface area contributed by atoms with Crippen LogP contribution in [0.1, 0.15) is 219 Å². The first kappa shape index (κ1) is 96.4. The van der Waals surface area contributed by atoms with Gasteiger partial charge in [-0.2, -0.15) is 0 Å². The number of likely N-dealkylation sites (N-methyl/N-ethyl adjacent to an activating group) is 3. The van der Waals surface area contributed by atoms with E-state index in [1.165, 1.54) is 20.8 Å². The number of nitrogens with one attached hydrogen (secondary N) is 2. The summed E-state index contributed by atoms with van der Waals surface area (Å²) in [5.41, 5.74) is 7.47. The number of carbonyl (C=O) groups is 11. The first-order chi connectivity index (χ1) is 62.7. The molecular formula is C95H121Cl2N7O27. The zero-order valence-electron chi connectivity index (χ0n) is 75.0. The van der Waals surface area contributed by atoms with Crippen molar-refractivity contribution < 1.29 is 131 Å². The van der Waals surface area contributed by atoms with Crippen LogP contribution in [0, 0.1) is 17.8 Å². The molecule has 0 radical (unpaired) electrons. The Morgan fingerprint density at radius 2 is 0.771 bits per heavy atom. The number of esters is 6. The smallest absolute Gasteiger partial charge is 0.352 e. The summed E-state index contributed by atoms with van der Waals surface area (Å²) >= 11 is 9.53. The SMILES string of the molecule is C[C@H](OC(=O)CCN)C(=O)OC1=CC[C@@]2(O)[C@H]3Cc4ccc(CO)c5c4[C@@]2(CCN3C)[C@H]1O5.C[C@H](OC(=O)CCNC(=O)C1CCCC1)C(=O)OC1=CC[C@@]2(O)[C@H]3Cc4ccc(CO)c5c4[C@@]2(CCN3C)[C@H]1O5.C[C@H](OC(=O)CCNC(=O)C1CCCC1)C(=O)OC1=CC[C@@]2(O)[C@H]3Cc4ccc(CO)c5c4[C@@]2(CCN3C)[C@H]1O5.ClCCl.O=C(ON1C(=O)CCC1=O)C1CCCC1. The van der Waals surface area contributed by atoms with Gasteiger partial charge in [0.05, 0.1) is 83.4 Å². The largest absolute Gasteiger partial charge is 0.481 e. The van der Waals surface area contributed by atoms with Crippen LogP contribution in [0.25, 0.3) is 0 Å². The first-order valence-electron chi connectivity index (χ1n) is 46.1. The molecule has 3 aromatic rings. The second-order valence-electron chi connectivity index (χ2n) is 37.5. The molecule has 10 N–H and O–H groups in total. The minimum absolute atomic E-state index is 0.0130. The molecule has 6 bridgehead atoms. The van der Waals surface area contributed by atoms with Crippen molar-refractivity contribution >= 4 is 88.6 Å². The van der Waals surface area contributed by atoms with Gasteiger partial charge in [0, 0.05) is 115 Å². The Bertz CT molecular complexity index is 4840. The summed E-state index contributed by atoms with van der Waals surface area (Å²) in [4.78, 5) is 145. The Morgan fingerprint density at radius 3 is 1.07 bits per heavy atom. The van der Waals surface area contributed by atoms with E-state index in [0.29, 0.717) is 89.7 Å². The van der Waals surface area contributed by atoms with E-state index in [4.69, 9.17) is 76.4 Å². The van der Waals surface area contributed by atoms with Gasteiger partial charge in [0.1, 0.15) is 34.5 Å². The Morgan fingerprint density at radius 1 is 0.473 bits per heavy atom. The Hall–Kier alpha value is -9.17. The summed E-state index contributed by atoms with van der Waals surface area (Å²) < 4.78 is 52.4. The van der Waals surface area contributed by atoms with Crippen molar-refractivity contribution in [3.05, 3.63) is 122 Å². The molecule has 19 rings (SSSR count). The summed E-state index contributed by atoms with van der Waals surface area (Å²) in [6.07, 6.45) is 15.8. The minimum Gasteiger partial charge on any atom is -0.481 e. The predicted octanol–water partition coefficient (Wildman–Crippen LogP) is 5.74. The molecule has 0 aromatic heterocycles. The van der Waals surface area contributed by atoms with Gasteiger partial charge in [0.2, 0.25) is 11.8 Å². The number of hydrogen-bond acceptors (Lipinski definition) is 31. The van der Waals surface area contributed by atoms with Gasteiger partial charge in [-0.25, -0.2) is 19.2 Å².